The van der Waals surface area contributed by atoms with Crippen LogP contribution in [0.25, 0.3) is 11.5 Å². The highest BCUT2D eigenvalue weighted by molar-refractivity contribution is 5.97. The van der Waals surface area contributed by atoms with E-state index in [1.165, 1.54) is 0 Å². The summed E-state index contributed by atoms with van der Waals surface area (Å²) in [6.07, 6.45) is -1.21. The Morgan fingerprint density at radius 1 is 0.875 bits per heavy atom. The lowest BCUT2D eigenvalue weighted by Crippen LogP contribution is -2.26. The summed E-state index contributed by atoms with van der Waals surface area (Å²) in [5.41, 5.74) is 1.50. The molecule has 1 aromatic heterocycles. The van der Waals surface area contributed by atoms with Crippen LogP contribution in [0.3, 0.4) is 0 Å². The molecular weight excluding hydrogens is 410 g/mol. The first-order valence-corrected chi connectivity index (χ1v) is 9.74. The molecular formula is C24H19N3O5. The van der Waals surface area contributed by atoms with Crippen molar-refractivity contribution in [3.63, 3.8) is 0 Å². The van der Waals surface area contributed by atoms with Crippen LogP contribution in [0.1, 0.15) is 22.0 Å². The number of methoxy groups -OCH3 is 1. The number of esters is 1. The van der Waals surface area contributed by atoms with Crippen molar-refractivity contribution in [2.24, 2.45) is 0 Å². The van der Waals surface area contributed by atoms with Crippen molar-refractivity contribution in [2.45, 2.75) is 6.10 Å². The van der Waals surface area contributed by atoms with Gasteiger partial charge < -0.3 is 13.9 Å². The number of hydrogen-bond acceptors (Lipinski definition) is 7. The highest BCUT2D eigenvalue weighted by Gasteiger charge is 2.27. The summed E-state index contributed by atoms with van der Waals surface area (Å²) in [5, 5.41) is 10.4. The van der Waals surface area contributed by atoms with Crippen LogP contribution in [-0.4, -0.2) is 29.2 Å². The fourth-order valence-corrected chi connectivity index (χ4v) is 2.95. The molecule has 160 valence electrons. The summed E-state index contributed by atoms with van der Waals surface area (Å²) < 4.78 is 16.2. The quantitative estimate of drug-likeness (QED) is 0.437. The lowest BCUT2D eigenvalue weighted by molar-refractivity contribution is -0.125. The molecule has 0 bridgehead atoms. The number of ether oxygens (including phenoxy) is 2. The van der Waals surface area contributed by atoms with E-state index in [0.717, 1.165) is 0 Å². The first-order chi connectivity index (χ1) is 15.6. The molecule has 32 heavy (non-hydrogen) atoms. The molecule has 0 saturated heterocycles. The summed E-state index contributed by atoms with van der Waals surface area (Å²) in [4.78, 5) is 25.5. The Labute approximate surface area is 183 Å². The Balaban J connectivity index is 1.52. The number of carbonyl (C=O) groups is 2. The van der Waals surface area contributed by atoms with Crippen molar-refractivity contribution in [3.8, 4) is 17.2 Å². The molecule has 0 radical (unpaired) electrons. The minimum atomic E-state index is -1.21. The molecule has 1 atom stereocenters. The van der Waals surface area contributed by atoms with Gasteiger partial charge in [-0.1, -0.05) is 53.6 Å². The maximum absolute atomic E-state index is 13.0. The highest BCUT2D eigenvalue weighted by Crippen LogP contribution is 2.25. The van der Waals surface area contributed by atoms with E-state index < -0.39 is 18.0 Å². The Bertz CT molecular complexity index is 1190. The molecule has 1 N–H and O–H groups in total. The van der Waals surface area contributed by atoms with Crippen molar-refractivity contribution >= 4 is 17.9 Å². The van der Waals surface area contributed by atoms with Crippen molar-refractivity contribution in [1.29, 1.82) is 0 Å². The molecule has 0 aliphatic heterocycles. The van der Waals surface area contributed by atoms with Crippen molar-refractivity contribution in [1.82, 2.24) is 10.2 Å². The topological polar surface area (TPSA) is 104 Å². The minimum Gasteiger partial charge on any atom is -0.497 e. The Hall–Kier alpha value is -4.46. The van der Waals surface area contributed by atoms with Gasteiger partial charge in [0.05, 0.1) is 12.7 Å². The summed E-state index contributed by atoms with van der Waals surface area (Å²) in [6.45, 7) is 0. The van der Waals surface area contributed by atoms with Crippen LogP contribution >= 0.6 is 0 Å². The summed E-state index contributed by atoms with van der Waals surface area (Å²) >= 11 is 0. The lowest BCUT2D eigenvalue weighted by atomic mass is 10.1. The van der Waals surface area contributed by atoms with Gasteiger partial charge in [0, 0.05) is 11.1 Å². The van der Waals surface area contributed by atoms with Crippen molar-refractivity contribution in [2.75, 3.05) is 12.4 Å². The molecule has 3 aromatic carbocycles. The van der Waals surface area contributed by atoms with E-state index in [-0.39, 0.29) is 11.9 Å². The van der Waals surface area contributed by atoms with E-state index in [9.17, 15) is 9.59 Å². The Morgan fingerprint density at radius 2 is 1.53 bits per heavy atom. The van der Waals surface area contributed by atoms with Crippen LogP contribution in [0.4, 0.5) is 6.01 Å². The SMILES string of the molecule is COc1ccc(-c2nnc(NC(=O)C(OC(=O)c3ccccc3)c3ccccc3)o2)cc1. The molecule has 4 aromatic rings. The largest absolute Gasteiger partial charge is 0.497 e. The number of amides is 1. The molecule has 1 heterocycles. The molecule has 0 aliphatic rings. The number of carbonyl (C=O) groups excluding carboxylic acids is 2. The van der Waals surface area contributed by atoms with Crippen LogP contribution in [0, 0.1) is 0 Å². The second-order valence-electron chi connectivity index (χ2n) is 6.69. The van der Waals surface area contributed by atoms with Gasteiger partial charge in [0.2, 0.25) is 12.0 Å². The summed E-state index contributed by atoms with van der Waals surface area (Å²) in [6, 6.07) is 24.0. The van der Waals surface area contributed by atoms with Gasteiger partial charge in [-0.25, -0.2) is 4.79 Å². The van der Waals surface area contributed by atoms with E-state index in [1.807, 2.05) is 0 Å². The molecule has 1 unspecified atom stereocenters. The first kappa shape index (κ1) is 20.8. The lowest BCUT2D eigenvalue weighted by Gasteiger charge is -2.17. The molecule has 8 nitrogen and oxygen atoms in total. The predicted octanol–water partition coefficient (Wildman–Crippen LogP) is 4.28. The first-order valence-electron chi connectivity index (χ1n) is 9.74. The van der Waals surface area contributed by atoms with E-state index in [4.69, 9.17) is 13.9 Å². The number of anilines is 1. The zero-order chi connectivity index (χ0) is 22.3. The second-order valence-corrected chi connectivity index (χ2v) is 6.69. The van der Waals surface area contributed by atoms with E-state index in [2.05, 4.69) is 15.5 Å². The molecule has 0 saturated carbocycles. The van der Waals surface area contributed by atoms with Crippen LogP contribution < -0.4 is 10.1 Å². The molecule has 8 heteroatoms. The number of nitrogens with zero attached hydrogens (tertiary/aromatic N) is 2. The number of nitrogens with one attached hydrogen (secondary N) is 1. The fourth-order valence-electron chi connectivity index (χ4n) is 2.95. The monoisotopic (exact) mass is 429 g/mol. The molecule has 0 aliphatic carbocycles. The van der Waals surface area contributed by atoms with Gasteiger partial charge in [0.25, 0.3) is 5.91 Å². The van der Waals surface area contributed by atoms with Gasteiger partial charge in [0.1, 0.15) is 5.75 Å². The van der Waals surface area contributed by atoms with Crippen molar-refractivity contribution < 1.29 is 23.5 Å². The third-order valence-corrected chi connectivity index (χ3v) is 4.57. The average Bonchev–Trinajstić information content (AvgIpc) is 3.32. The van der Waals surface area contributed by atoms with E-state index >= 15 is 0 Å². The smallest absolute Gasteiger partial charge is 0.339 e. The minimum absolute atomic E-state index is 0.113. The van der Waals surface area contributed by atoms with Crippen LogP contribution in [0.5, 0.6) is 5.75 Å². The van der Waals surface area contributed by atoms with Gasteiger partial charge in [-0.15, -0.1) is 5.10 Å². The number of rotatable bonds is 7. The predicted molar refractivity (Wildman–Crippen MR) is 116 cm³/mol. The normalized spacial score (nSPS) is 11.4. The number of aromatic nitrogens is 2. The molecule has 0 fully saturated rings. The molecule has 1 amide bonds. The van der Waals surface area contributed by atoms with Crippen LogP contribution in [-0.2, 0) is 9.53 Å². The number of benzene rings is 3. The van der Waals surface area contributed by atoms with Crippen LogP contribution in [0.2, 0.25) is 0 Å². The maximum atomic E-state index is 13.0. The van der Waals surface area contributed by atoms with Gasteiger partial charge >= 0.3 is 12.0 Å². The molecule has 4 rings (SSSR count). The zero-order valence-electron chi connectivity index (χ0n) is 17.1. The van der Waals surface area contributed by atoms with Gasteiger partial charge in [0.15, 0.2) is 0 Å². The van der Waals surface area contributed by atoms with Gasteiger partial charge in [-0.05, 0) is 36.4 Å². The Kier molecular flexibility index (Phi) is 6.22. The van der Waals surface area contributed by atoms with Crippen molar-refractivity contribution in [3.05, 3.63) is 96.1 Å². The second kappa shape index (κ2) is 9.57. The standard InChI is InChI=1S/C24H19N3O5/c1-30-19-14-12-17(13-15-19)22-26-27-24(32-22)25-21(28)20(16-8-4-2-5-9-16)31-23(29)18-10-6-3-7-11-18/h2-15,20H,1H3,(H,25,27,28). The number of hydrogen-bond donors (Lipinski definition) is 1. The average molecular weight is 429 g/mol. The zero-order valence-corrected chi connectivity index (χ0v) is 17.1. The van der Waals surface area contributed by atoms with E-state index in [1.54, 1.807) is 92.0 Å². The van der Waals surface area contributed by atoms with E-state index in [0.29, 0.717) is 22.4 Å². The molecule has 0 spiro atoms. The van der Waals surface area contributed by atoms with Crippen LogP contribution in [0.15, 0.2) is 89.3 Å². The third kappa shape index (κ3) is 4.81. The fraction of sp³-hybridized carbons (Fsp3) is 0.0833. The third-order valence-electron chi connectivity index (χ3n) is 4.57. The summed E-state index contributed by atoms with van der Waals surface area (Å²) in [7, 11) is 1.57. The summed E-state index contributed by atoms with van der Waals surface area (Å²) in [5.74, 6) is -0.335. The highest BCUT2D eigenvalue weighted by atomic mass is 16.5. The van der Waals surface area contributed by atoms with Gasteiger partial charge in [-0.2, -0.15) is 0 Å². The Morgan fingerprint density at radius 3 is 2.19 bits per heavy atom. The maximum Gasteiger partial charge on any atom is 0.339 e. The van der Waals surface area contributed by atoms with Gasteiger partial charge in [-0.3, -0.25) is 10.1 Å².